The Labute approximate surface area is 394 Å². The fourth-order valence-corrected chi connectivity index (χ4v) is 7.93. The highest BCUT2D eigenvalue weighted by molar-refractivity contribution is 5.97. The standard InChI is InChI=1S/C45H68N8O15/c1-25(2)19-31(45(67)68-24-27-11-6-4-7-12-27)49-41(63)32(22-54)51-40(62)30(17-18-35(46)57)48-44(66)38(28-13-8-5-9-14-28)52-42(64)33(23-55)50-39(61)26(3)47-43(65)34-20-29(56)21-53(34)36(58)15-10-16-37(59)60/h4,6-7,11-12,25-26,28-34,38,54-56H,5,8-10,13-24H2,1-3H3,(H2,46,57)(H,47,65)(H,48,66)(H,49,63)(H,50,61)(H,51,62)(H,52,64)(H,59,60)/t26-,29+,30-,31-,32-,33-,34-,38-/m0/s1. The predicted octanol–water partition coefficient (Wildman–Crippen LogP) is -2.25. The third kappa shape index (κ3) is 18.5. The van der Waals surface area contributed by atoms with Crippen molar-refractivity contribution in [3.05, 3.63) is 35.9 Å². The molecule has 3 rings (SSSR count). The molecular formula is C45H68N8O15. The molecule has 0 radical (unpaired) electrons. The molecule has 1 aliphatic carbocycles. The number of nitrogens with two attached hydrogens (primary N) is 1. The normalized spacial score (nSPS) is 18.7. The summed E-state index contributed by atoms with van der Waals surface area (Å²) >= 11 is 0. The second-order valence-electron chi connectivity index (χ2n) is 17.7. The van der Waals surface area contributed by atoms with E-state index in [2.05, 4.69) is 31.9 Å². The van der Waals surface area contributed by atoms with Crippen LogP contribution < -0.4 is 37.6 Å². The largest absolute Gasteiger partial charge is 0.481 e. The number of ether oxygens (including phenoxy) is 1. The summed E-state index contributed by atoms with van der Waals surface area (Å²) in [6, 6.07) is -1.02. The summed E-state index contributed by atoms with van der Waals surface area (Å²) in [4.78, 5) is 131. The van der Waals surface area contributed by atoms with E-state index < -0.39 is 133 Å². The number of likely N-dealkylation sites (tertiary alicyclic amines) is 1. The van der Waals surface area contributed by atoms with Gasteiger partial charge in [-0.3, -0.25) is 43.2 Å². The lowest BCUT2D eigenvalue weighted by atomic mass is 9.83. The van der Waals surface area contributed by atoms with E-state index in [0.29, 0.717) is 31.2 Å². The minimum Gasteiger partial charge on any atom is -0.481 e. The monoisotopic (exact) mass is 960 g/mol. The van der Waals surface area contributed by atoms with Crippen molar-refractivity contribution >= 4 is 59.2 Å². The number of nitrogens with one attached hydrogen (secondary N) is 6. The molecule has 1 aromatic rings. The Morgan fingerprint density at radius 2 is 1.29 bits per heavy atom. The van der Waals surface area contributed by atoms with Crippen molar-refractivity contribution in [1.82, 2.24) is 36.8 Å². The lowest BCUT2D eigenvalue weighted by molar-refractivity contribution is -0.150. The van der Waals surface area contributed by atoms with Gasteiger partial charge in [-0.05, 0) is 56.4 Å². The van der Waals surface area contributed by atoms with Gasteiger partial charge in [0.15, 0.2) is 0 Å². The molecule has 8 atom stereocenters. The maximum Gasteiger partial charge on any atom is 0.328 e. The maximum atomic E-state index is 14.1. The zero-order valence-electron chi connectivity index (χ0n) is 38.8. The third-order valence-electron chi connectivity index (χ3n) is 11.6. The number of rotatable bonds is 27. The highest BCUT2D eigenvalue weighted by Gasteiger charge is 2.40. The summed E-state index contributed by atoms with van der Waals surface area (Å²) in [6.07, 6.45) is 0.852. The summed E-state index contributed by atoms with van der Waals surface area (Å²) in [6.45, 7) is 2.76. The molecule has 378 valence electrons. The van der Waals surface area contributed by atoms with E-state index >= 15 is 0 Å². The Morgan fingerprint density at radius 1 is 0.721 bits per heavy atom. The topological polar surface area (TPSA) is 362 Å². The van der Waals surface area contributed by atoms with Gasteiger partial charge in [-0.25, -0.2) is 4.79 Å². The van der Waals surface area contributed by atoms with Crippen molar-refractivity contribution < 1.29 is 73.1 Å². The highest BCUT2D eigenvalue weighted by atomic mass is 16.5. The molecule has 1 aromatic carbocycles. The number of carbonyl (C=O) groups is 10. The molecule has 2 aliphatic rings. The van der Waals surface area contributed by atoms with Gasteiger partial charge < -0.3 is 67.7 Å². The number of primary amides is 1. The number of benzene rings is 1. The number of carbonyl (C=O) groups excluding carboxylic acids is 9. The van der Waals surface area contributed by atoms with E-state index in [1.807, 2.05) is 13.8 Å². The van der Waals surface area contributed by atoms with Crippen LogP contribution in [-0.4, -0.2) is 153 Å². The quantitative estimate of drug-likeness (QED) is 0.0415. The van der Waals surface area contributed by atoms with Gasteiger partial charge in [-0.15, -0.1) is 0 Å². The Morgan fingerprint density at radius 3 is 1.88 bits per heavy atom. The highest BCUT2D eigenvalue weighted by Crippen LogP contribution is 2.27. The van der Waals surface area contributed by atoms with Crippen molar-refractivity contribution in [3.63, 3.8) is 0 Å². The van der Waals surface area contributed by atoms with Gasteiger partial charge in [-0.1, -0.05) is 63.4 Å². The van der Waals surface area contributed by atoms with Crippen molar-refractivity contribution in [1.29, 1.82) is 0 Å². The number of esters is 1. The van der Waals surface area contributed by atoms with E-state index in [4.69, 9.17) is 15.6 Å². The Hall–Kier alpha value is -6.20. The maximum absolute atomic E-state index is 14.1. The summed E-state index contributed by atoms with van der Waals surface area (Å²) in [5.41, 5.74) is 6.09. The summed E-state index contributed by atoms with van der Waals surface area (Å²) in [7, 11) is 0. The van der Waals surface area contributed by atoms with Crippen LogP contribution in [0.4, 0.5) is 0 Å². The van der Waals surface area contributed by atoms with Crippen molar-refractivity contribution in [3.8, 4) is 0 Å². The molecule has 23 nitrogen and oxygen atoms in total. The average molecular weight is 961 g/mol. The van der Waals surface area contributed by atoms with Gasteiger partial charge in [-0.2, -0.15) is 0 Å². The number of aliphatic carboxylic acids is 1. The molecule has 12 N–H and O–H groups in total. The number of amides is 8. The first-order valence-electron chi connectivity index (χ1n) is 23.0. The number of carboxylic acid groups (broad SMARTS) is 1. The van der Waals surface area contributed by atoms with E-state index in [-0.39, 0.29) is 57.6 Å². The average Bonchev–Trinajstić information content (AvgIpc) is 3.70. The minimum absolute atomic E-state index is 0.00948. The predicted molar refractivity (Wildman–Crippen MR) is 240 cm³/mol. The first-order valence-corrected chi connectivity index (χ1v) is 23.0. The van der Waals surface area contributed by atoms with E-state index in [0.717, 1.165) is 11.3 Å². The van der Waals surface area contributed by atoms with E-state index in [9.17, 15) is 63.3 Å². The van der Waals surface area contributed by atoms with Crippen LogP contribution in [-0.2, 0) is 59.3 Å². The van der Waals surface area contributed by atoms with Crippen LogP contribution in [0.15, 0.2) is 30.3 Å². The Balaban J connectivity index is 1.71. The molecule has 68 heavy (non-hydrogen) atoms. The van der Waals surface area contributed by atoms with Gasteiger partial charge in [0, 0.05) is 32.2 Å². The Bertz CT molecular complexity index is 1910. The van der Waals surface area contributed by atoms with Crippen molar-refractivity contribution in [2.75, 3.05) is 19.8 Å². The van der Waals surface area contributed by atoms with Crippen LogP contribution in [0.5, 0.6) is 0 Å². The minimum atomic E-state index is -1.66. The summed E-state index contributed by atoms with van der Waals surface area (Å²) in [5, 5.41) is 54.3. The number of hydrogen-bond acceptors (Lipinski definition) is 14. The van der Waals surface area contributed by atoms with Crippen LogP contribution >= 0.6 is 0 Å². The van der Waals surface area contributed by atoms with Crippen molar-refractivity contribution in [2.24, 2.45) is 17.6 Å². The molecule has 1 aliphatic heterocycles. The lowest BCUT2D eigenvalue weighted by Crippen LogP contribution is -2.62. The number of hydrogen-bond donors (Lipinski definition) is 11. The first-order chi connectivity index (χ1) is 32.2. The van der Waals surface area contributed by atoms with Gasteiger partial charge >= 0.3 is 11.9 Å². The first kappa shape index (κ1) is 56.1. The zero-order valence-corrected chi connectivity index (χ0v) is 38.8. The molecule has 1 heterocycles. The molecular weight excluding hydrogens is 893 g/mol. The van der Waals surface area contributed by atoms with Gasteiger partial charge in [0.1, 0.15) is 48.9 Å². The van der Waals surface area contributed by atoms with Gasteiger partial charge in [0.05, 0.1) is 19.3 Å². The van der Waals surface area contributed by atoms with Crippen LogP contribution in [0.25, 0.3) is 0 Å². The fraction of sp³-hybridized carbons (Fsp3) is 0.644. The smallest absolute Gasteiger partial charge is 0.328 e. The van der Waals surface area contributed by atoms with Crippen LogP contribution in [0, 0.1) is 11.8 Å². The Kier molecular flexibility index (Phi) is 23.3. The van der Waals surface area contributed by atoms with Crippen LogP contribution in [0.1, 0.15) is 103 Å². The van der Waals surface area contributed by atoms with Crippen molar-refractivity contribution in [2.45, 2.75) is 153 Å². The third-order valence-corrected chi connectivity index (χ3v) is 11.6. The number of aliphatic hydroxyl groups excluding tert-OH is 3. The summed E-state index contributed by atoms with van der Waals surface area (Å²) in [5.74, 6) is -9.41. The molecule has 2 fully saturated rings. The number of carboxylic acids is 1. The second-order valence-corrected chi connectivity index (χ2v) is 17.7. The lowest BCUT2D eigenvalue weighted by Gasteiger charge is -2.32. The number of nitrogens with zero attached hydrogens (tertiary/aromatic N) is 1. The van der Waals surface area contributed by atoms with Gasteiger partial charge in [0.25, 0.3) is 0 Å². The van der Waals surface area contributed by atoms with Crippen LogP contribution in [0.2, 0.25) is 0 Å². The molecule has 0 bridgehead atoms. The number of aliphatic hydroxyl groups is 3. The van der Waals surface area contributed by atoms with Crippen LogP contribution in [0.3, 0.4) is 0 Å². The second kappa shape index (κ2) is 28.2. The molecule has 1 saturated carbocycles. The molecule has 0 spiro atoms. The molecule has 8 amide bonds. The SMILES string of the molecule is CC(C)C[C@H](NC(=O)[C@H](CO)NC(=O)[C@H](CCC(N)=O)NC(=O)[C@@H](NC(=O)[C@H](CO)NC(=O)[C@H](C)NC(=O)[C@@H]1C[C@@H](O)CN1C(=O)CCCC(=O)O)C1CCCCC1)C(=O)OCc1ccccc1. The van der Waals surface area contributed by atoms with E-state index in [1.54, 1.807) is 30.3 Å². The molecule has 0 aromatic heterocycles. The summed E-state index contributed by atoms with van der Waals surface area (Å²) < 4.78 is 5.43. The van der Waals surface area contributed by atoms with Gasteiger partial charge in [0.2, 0.25) is 47.3 Å². The molecule has 0 unspecified atom stereocenters. The number of β-amino-alcohol motifs (C(OH)–C–C–N with tert-alkyl or cyclic N) is 1. The molecule has 23 heteroatoms. The zero-order chi connectivity index (χ0) is 50.5. The van der Waals surface area contributed by atoms with E-state index in [1.165, 1.54) is 6.92 Å². The molecule has 1 saturated heterocycles. The fourth-order valence-electron chi connectivity index (χ4n) is 7.93.